The average molecular weight is 354 g/mol. The van der Waals surface area contributed by atoms with Gasteiger partial charge >= 0.3 is 6.03 Å². The second-order valence-electron chi connectivity index (χ2n) is 6.41. The van der Waals surface area contributed by atoms with Crippen molar-refractivity contribution in [2.24, 2.45) is 0 Å². The molecule has 2 heterocycles. The van der Waals surface area contributed by atoms with Crippen LogP contribution in [0.2, 0.25) is 0 Å². The summed E-state index contributed by atoms with van der Waals surface area (Å²) in [6.07, 6.45) is 2.77. The maximum atomic E-state index is 12.8. The van der Waals surface area contributed by atoms with Gasteiger partial charge in [-0.1, -0.05) is 0 Å². The van der Waals surface area contributed by atoms with Crippen LogP contribution in [-0.4, -0.2) is 39.8 Å². The zero-order chi connectivity index (χ0) is 18.5. The first kappa shape index (κ1) is 17.9. The standard InChI is InChI=1S/C18H22N6O2/c1-12-7-13(10-19)9-14(8-12)20-18(25)24-6-4-3-5-15(24)17-21-16(11-26-2)22-23-17/h7-9,15H,3-6,11H2,1-2H3,(H,20,25)(H,21,22,23). The molecule has 1 aromatic carbocycles. The molecule has 1 unspecified atom stereocenters. The molecule has 1 aliphatic rings. The first-order valence-corrected chi connectivity index (χ1v) is 8.60. The molecule has 2 amide bonds. The summed E-state index contributed by atoms with van der Waals surface area (Å²) >= 11 is 0. The van der Waals surface area contributed by atoms with E-state index in [0.29, 0.717) is 36.1 Å². The number of benzene rings is 1. The highest BCUT2D eigenvalue weighted by atomic mass is 16.5. The van der Waals surface area contributed by atoms with E-state index in [0.717, 1.165) is 24.8 Å². The Morgan fingerprint density at radius 1 is 1.46 bits per heavy atom. The molecule has 3 rings (SSSR count). The number of aromatic nitrogens is 3. The maximum absolute atomic E-state index is 12.8. The normalized spacial score (nSPS) is 17.0. The second-order valence-corrected chi connectivity index (χ2v) is 6.41. The first-order chi connectivity index (χ1) is 12.6. The molecular weight excluding hydrogens is 332 g/mol. The van der Waals surface area contributed by atoms with Gasteiger partial charge in [0.1, 0.15) is 6.61 Å². The molecule has 1 fully saturated rings. The minimum atomic E-state index is -0.206. The van der Waals surface area contributed by atoms with E-state index in [1.54, 1.807) is 24.1 Å². The van der Waals surface area contributed by atoms with E-state index in [1.807, 2.05) is 13.0 Å². The number of nitrogens with zero attached hydrogens (tertiary/aromatic N) is 4. The summed E-state index contributed by atoms with van der Waals surface area (Å²) in [5.74, 6) is 1.25. The van der Waals surface area contributed by atoms with Crippen LogP contribution in [0.4, 0.5) is 10.5 Å². The lowest BCUT2D eigenvalue weighted by Crippen LogP contribution is -2.41. The molecule has 0 bridgehead atoms. The van der Waals surface area contributed by atoms with Crippen molar-refractivity contribution in [3.8, 4) is 6.07 Å². The molecule has 1 atom stereocenters. The summed E-state index contributed by atoms with van der Waals surface area (Å²) in [5, 5.41) is 19.1. The van der Waals surface area contributed by atoms with E-state index in [1.165, 1.54) is 0 Å². The molecular formula is C18H22N6O2. The van der Waals surface area contributed by atoms with Crippen molar-refractivity contribution in [1.82, 2.24) is 20.1 Å². The number of amides is 2. The lowest BCUT2D eigenvalue weighted by molar-refractivity contribution is 0.159. The predicted molar refractivity (Wildman–Crippen MR) is 95.3 cm³/mol. The quantitative estimate of drug-likeness (QED) is 0.878. The van der Waals surface area contributed by atoms with Crippen LogP contribution in [-0.2, 0) is 11.3 Å². The number of ether oxygens (including phenoxy) is 1. The Kier molecular flexibility index (Phi) is 5.49. The van der Waals surface area contributed by atoms with Crippen LogP contribution in [0, 0.1) is 18.3 Å². The van der Waals surface area contributed by atoms with Crippen LogP contribution < -0.4 is 5.32 Å². The highest BCUT2D eigenvalue weighted by molar-refractivity contribution is 5.90. The number of aryl methyl sites for hydroxylation is 1. The van der Waals surface area contributed by atoms with Gasteiger partial charge in [0.25, 0.3) is 0 Å². The fourth-order valence-corrected chi connectivity index (χ4v) is 3.22. The largest absolute Gasteiger partial charge is 0.377 e. The van der Waals surface area contributed by atoms with Gasteiger partial charge in [-0.25, -0.2) is 9.78 Å². The fraction of sp³-hybridized carbons (Fsp3) is 0.444. The Morgan fingerprint density at radius 3 is 3.08 bits per heavy atom. The van der Waals surface area contributed by atoms with Crippen molar-refractivity contribution in [3.63, 3.8) is 0 Å². The third-order valence-corrected chi connectivity index (χ3v) is 4.35. The SMILES string of the molecule is COCc1nc(C2CCCCN2C(=O)Nc2cc(C)cc(C#N)c2)n[nH]1. The Labute approximate surface area is 152 Å². The number of rotatable bonds is 4. The molecule has 0 aliphatic carbocycles. The molecule has 26 heavy (non-hydrogen) atoms. The van der Waals surface area contributed by atoms with Crippen LogP contribution in [0.15, 0.2) is 18.2 Å². The van der Waals surface area contributed by atoms with Crippen molar-refractivity contribution < 1.29 is 9.53 Å². The van der Waals surface area contributed by atoms with Crippen molar-refractivity contribution in [2.45, 2.75) is 38.8 Å². The molecule has 0 spiro atoms. The number of carbonyl (C=O) groups is 1. The zero-order valence-electron chi connectivity index (χ0n) is 15.0. The number of aromatic amines is 1. The Morgan fingerprint density at radius 2 is 2.31 bits per heavy atom. The minimum Gasteiger partial charge on any atom is -0.377 e. The highest BCUT2D eigenvalue weighted by Gasteiger charge is 2.31. The number of likely N-dealkylation sites (tertiary alicyclic amines) is 1. The number of methoxy groups -OCH3 is 1. The van der Waals surface area contributed by atoms with E-state index in [-0.39, 0.29) is 12.1 Å². The molecule has 0 radical (unpaired) electrons. The Balaban J connectivity index is 1.77. The minimum absolute atomic E-state index is 0.175. The number of urea groups is 1. The van der Waals surface area contributed by atoms with Gasteiger partial charge in [0.2, 0.25) is 0 Å². The van der Waals surface area contributed by atoms with Crippen LogP contribution in [0.3, 0.4) is 0 Å². The van der Waals surface area contributed by atoms with Gasteiger partial charge < -0.3 is 15.0 Å². The van der Waals surface area contributed by atoms with Gasteiger partial charge in [0.15, 0.2) is 11.6 Å². The van der Waals surface area contributed by atoms with E-state index >= 15 is 0 Å². The highest BCUT2D eigenvalue weighted by Crippen LogP contribution is 2.29. The lowest BCUT2D eigenvalue weighted by atomic mass is 10.0. The molecule has 1 aromatic heterocycles. The zero-order valence-corrected chi connectivity index (χ0v) is 15.0. The van der Waals surface area contributed by atoms with Crippen molar-refractivity contribution >= 4 is 11.7 Å². The molecule has 2 aromatic rings. The molecule has 1 saturated heterocycles. The number of H-pyrrole nitrogens is 1. The van der Waals surface area contributed by atoms with Crippen molar-refractivity contribution in [1.29, 1.82) is 5.26 Å². The molecule has 1 aliphatic heterocycles. The van der Waals surface area contributed by atoms with Crippen molar-refractivity contribution in [2.75, 3.05) is 19.0 Å². The third kappa shape index (κ3) is 4.00. The predicted octanol–water partition coefficient (Wildman–Crippen LogP) is 2.89. The summed E-state index contributed by atoms with van der Waals surface area (Å²) in [5.41, 5.74) is 2.06. The van der Waals surface area contributed by atoms with Gasteiger partial charge in [0.05, 0.1) is 17.7 Å². The van der Waals surface area contributed by atoms with Gasteiger partial charge in [0, 0.05) is 19.3 Å². The van der Waals surface area contributed by atoms with Crippen LogP contribution in [0.1, 0.15) is 48.1 Å². The van der Waals surface area contributed by atoms with E-state index in [2.05, 4.69) is 26.6 Å². The van der Waals surface area contributed by atoms with Crippen LogP contribution in [0.25, 0.3) is 0 Å². The summed E-state index contributed by atoms with van der Waals surface area (Å²) in [6.45, 7) is 2.89. The van der Waals surface area contributed by atoms with Gasteiger partial charge in [-0.2, -0.15) is 10.4 Å². The Bertz CT molecular complexity index is 825. The first-order valence-electron chi connectivity index (χ1n) is 8.60. The number of nitriles is 1. The van der Waals surface area contributed by atoms with Crippen LogP contribution >= 0.6 is 0 Å². The second kappa shape index (κ2) is 7.97. The number of nitrogens with one attached hydrogen (secondary N) is 2. The fourth-order valence-electron chi connectivity index (χ4n) is 3.22. The topological polar surface area (TPSA) is 107 Å². The molecule has 8 heteroatoms. The maximum Gasteiger partial charge on any atom is 0.322 e. The van der Waals surface area contributed by atoms with E-state index in [4.69, 9.17) is 10.00 Å². The third-order valence-electron chi connectivity index (χ3n) is 4.35. The van der Waals surface area contributed by atoms with Crippen molar-refractivity contribution in [3.05, 3.63) is 41.0 Å². The van der Waals surface area contributed by atoms with Gasteiger partial charge in [-0.3, -0.25) is 5.10 Å². The van der Waals surface area contributed by atoms with E-state index in [9.17, 15) is 4.79 Å². The summed E-state index contributed by atoms with van der Waals surface area (Å²) in [7, 11) is 1.60. The summed E-state index contributed by atoms with van der Waals surface area (Å²) < 4.78 is 5.06. The molecule has 8 nitrogen and oxygen atoms in total. The summed E-state index contributed by atoms with van der Waals surface area (Å²) in [6, 6.07) is 7.03. The molecule has 2 N–H and O–H groups in total. The lowest BCUT2D eigenvalue weighted by Gasteiger charge is -2.34. The Hall–Kier alpha value is -2.92. The number of carbonyl (C=O) groups excluding carboxylic acids is 1. The number of piperidine rings is 1. The van der Waals surface area contributed by atoms with Crippen LogP contribution in [0.5, 0.6) is 0 Å². The average Bonchev–Trinajstić information content (AvgIpc) is 3.10. The van der Waals surface area contributed by atoms with Gasteiger partial charge in [-0.15, -0.1) is 0 Å². The monoisotopic (exact) mass is 354 g/mol. The number of anilines is 1. The number of hydrogen-bond donors (Lipinski definition) is 2. The summed E-state index contributed by atoms with van der Waals surface area (Å²) in [4.78, 5) is 19.0. The van der Waals surface area contributed by atoms with E-state index < -0.39 is 0 Å². The van der Waals surface area contributed by atoms with Gasteiger partial charge in [-0.05, 0) is 49.9 Å². The smallest absolute Gasteiger partial charge is 0.322 e. The number of hydrogen-bond acceptors (Lipinski definition) is 5. The molecule has 136 valence electrons. The molecule has 0 saturated carbocycles.